The molecule has 0 aromatic rings. The van der Waals surface area contributed by atoms with Crippen molar-refractivity contribution >= 4 is 0 Å². The van der Waals surface area contributed by atoms with Crippen molar-refractivity contribution in [2.75, 3.05) is 7.05 Å². The lowest BCUT2D eigenvalue weighted by Crippen LogP contribution is -2.59. The highest BCUT2D eigenvalue weighted by atomic mass is 14.9. The number of hydrogen-bond donors (Lipinski definition) is 1. The van der Waals surface area contributed by atoms with Crippen molar-refractivity contribution in [1.29, 1.82) is 0 Å². The van der Waals surface area contributed by atoms with E-state index in [0.29, 0.717) is 5.41 Å². The van der Waals surface area contributed by atoms with Crippen LogP contribution in [0.25, 0.3) is 0 Å². The lowest BCUT2D eigenvalue weighted by Gasteiger charge is -2.62. The van der Waals surface area contributed by atoms with E-state index in [2.05, 4.69) is 33.1 Å². The molecule has 0 spiro atoms. The molecular weight excluding hydrogens is 146 g/mol. The fourth-order valence-corrected chi connectivity index (χ4v) is 3.53. The van der Waals surface area contributed by atoms with E-state index in [-0.39, 0.29) is 0 Å². The van der Waals surface area contributed by atoms with E-state index in [1.165, 1.54) is 12.8 Å². The molecular formula is C11H21N. The maximum atomic E-state index is 3.45. The van der Waals surface area contributed by atoms with E-state index in [0.717, 1.165) is 23.8 Å². The number of nitrogens with one attached hydrogen (secondary N) is 1. The van der Waals surface area contributed by atoms with E-state index in [4.69, 9.17) is 0 Å². The van der Waals surface area contributed by atoms with Crippen LogP contribution in [0, 0.1) is 23.2 Å². The summed E-state index contributed by atoms with van der Waals surface area (Å²) in [4.78, 5) is 0. The minimum absolute atomic E-state index is 0.646. The maximum absolute atomic E-state index is 3.45. The van der Waals surface area contributed by atoms with E-state index < -0.39 is 0 Å². The van der Waals surface area contributed by atoms with Crippen LogP contribution in [-0.2, 0) is 0 Å². The molecule has 3 aliphatic carbocycles. The first-order valence-electron chi connectivity index (χ1n) is 5.24. The molecule has 3 rings (SSSR count). The smallest absolute Gasteiger partial charge is 0.00953 e. The van der Waals surface area contributed by atoms with Gasteiger partial charge in [0.2, 0.25) is 0 Å². The highest BCUT2D eigenvalue weighted by Crippen LogP contribution is 2.61. The second kappa shape index (κ2) is 2.47. The van der Waals surface area contributed by atoms with Gasteiger partial charge < -0.3 is 5.32 Å². The molecule has 0 aromatic heterocycles. The molecule has 12 heavy (non-hydrogen) atoms. The first-order valence-corrected chi connectivity index (χ1v) is 5.24. The number of rotatable bonds is 1. The Hall–Kier alpha value is -0.0400. The second-order valence-corrected chi connectivity index (χ2v) is 5.35. The summed E-state index contributed by atoms with van der Waals surface area (Å²) in [5, 5.41) is 3.45. The van der Waals surface area contributed by atoms with Crippen molar-refractivity contribution < 1.29 is 0 Å². The lowest BCUT2D eigenvalue weighted by atomic mass is 9.45. The summed E-state index contributed by atoms with van der Waals surface area (Å²) in [7, 11) is 2.11. The third-order valence-corrected chi connectivity index (χ3v) is 4.72. The molecule has 0 saturated heterocycles. The Kier molecular flexibility index (Phi) is 1.76. The summed E-state index contributed by atoms with van der Waals surface area (Å²) in [5.41, 5.74) is 0.646. The molecule has 3 aliphatic rings. The SMILES string of the molecule is CN[C@@H]1CC2C[C@H]([C@H]1C)C2(C)C. The predicted octanol–water partition coefficient (Wildman–Crippen LogP) is 2.28. The van der Waals surface area contributed by atoms with E-state index in [9.17, 15) is 0 Å². The molecule has 0 aliphatic heterocycles. The number of hydrogen-bond acceptors (Lipinski definition) is 1. The van der Waals surface area contributed by atoms with E-state index >= 15 is 0 Å². The van der Waals surface area contributed by atoms with Gasteiger partial charge in [0.05, 0.1) is 0 Å². The Morgan fingerprint density at radius 1 is 1.25 bits per heavy atom. The van der Waals surface area contributed by atoms with Crippen molar-refractivity contribution in [1.82, 2.24) is 5.32 Å². The van der Waals surface area contributed by atoms with E-state index in [1.54, 1.807) is 0 Å². The summed E-state index contributed by atoms with van der Waals surface area (Å²) in [6.07, 6.45) is 2.90. The highest BCUT2D eigenvalue weighted by molar-refractivity contribution is 5.06. The Labute approximate surface area is 75.9 Å². The predicted molar refractivity (Wildman–Crippen MR) is 52.0 cm³/mol. The third kappa shape index (κ3) is 0.891. The molecule has 0 aromatic carbocycles. The van der Waals surface area contributed by atoms with Gasteiger partial charge in [-0.05, 0) is 43.1 Å². The van der Waals surface area contributed by atoms with Crippen LogP contribution in [0.2, 0.25) is 0 Å². The van der Waals surface area contributed by atoms with Gasteiger partial charge in [-0.3, -0.25) is 0 Å². The average molecular weight is 167 g/mol. The zero-order chi connectivity index (χ0) is 8.93. The Balaban J connectivity index is 2.11. The fourth-order valence-electron chi connectivity index (χ4n) is 3.53. The minimum atomic E-state index is 0.646. The number of fused-ring (bicyclic) bond motifs is 2. The minimum Gasteiger partial charge on any atom is -0.317 e. The second-order valence-electron chi connectivity index (χ2n) is 5.35. The molecule has 1 N–H and O–H groups in total. The standard InChI is InChI=1S/C11H21N/c1-7-9-5-8(11(9,2)3)6-10(7)12-4/h7-10,12H,5-6H2,1-4H3/t7-,8?,9-,10-/m1/s1. The van der Waals surface area contributed by atoms with Crippen LogP contribution in [0.15, 0.2) is 0 Å². The van der Waals surface area contributed by atoms with Crippen LogP contribution < -0.4 is 5.32 Å². The zero-order valence-electron chi connectivity index (χ0n) is 8.72. The zero-order valence-corrected chi connectivity index (χ0v) is 8.72. The quantitative estimate of drug-likeness (QED) is 0.632. The summed E-state index contributed by atoms with van der Waals surface area (Å²) in [6, 6.07) is 0.793. The first kappa shape index (κ1) is 8.55. The summed E-state index contributed by atoms with van der Waals surface area (Å²) >= 11 is 0. The van der Waals surface area contributed by atoms with Gasteiger partial charge in [0.15, 0.2) is 0 Å². The van der Waals surface area contributed by atoms with Crippen LogP contribution in [0.4, 0.5) is 0 Å². The van der Waals surface area contributed by atoms with Crippen LogP contribution in [0.1, 0.15) is 33.6 Å². The molecule has 1 unspecified atom stereocenters. The van der Waals surface area contributed by atoms with Crippen LogP contribution in [0.3, 0.4) is 0 Å². The van der Waals surface area contributed by atoms with Crippen molar-refractivity contribution in [2.45, 2.75) is 39.7 Å². The van der Waals surface area contributed by atoms with Gasteiger partial charge in [0, 0.05) is 6.04 Å². The van der Waals surface area contributed by atoms with Gasteiger partial charge in [0.1, 0.15) is 0 Å². The normalized spacial score (nSPS) is 50.0. The molecule has 70 valence electrons. The molecule has 3 saturated carbocycles. The topological polar surface area (TPSA) is 12.0 Å². The van der Waals surface area contributed by atoms with Crippen LogP contribution >= 0.6 is 0 Å². The Morgan fingerprint density at radius 2 is 1.92 bits per heavy atom. The van der Waals surface area contributed by atoms with Gasteiger partial charge in [-0.15, -0.1) is 0 Å². The third-order valence-electron chi connectivity index (χ3n) is 4.72. The fraction of sp³-hybridized carbons (Fsp3) is 1.00. The maximum Gasteiger partial charge on any atom is 0.00953 e. The van der Waals surface area contributed by atoms with Crippen LogP contribution in [-0.4, -0.2) is 13.1 Å². The monoisotopic (exact) mass is 167 g/mol. The summed E-state index contributed by atoms with van der Waals surface area (Å²) in [6.45, 7) is 7.32. The molecule has 1 heteroatoms. The average Bonchev–Trinajstić information content (AvgIpc) is 2.03. The van der Waals surface area contributed by atoms with Gasteiger partial charge in [-0.1, -0.05) is 20.8 Å². The Bertz CT molecular complexity index is 185. The van der Waals surface area contributed by atoms with Crippen molar-refractivity contribution in [2.24, 2.45) is 23.2 Å². The molecule has 3 fully saturated rings. The molecule has 2 bridgehead atoms. The Morgan fingerprint density at radius 3 is 2.33 bits per heavy atom. The largest absolute Gasteiger partial charge is 0.317 e. The molecule has 1 nitrogen and oxygen atoms in total. The molecule has 0 amide bonds. The van der Waals surface area contributed by atoms with Gasteiger partial charge in [0.25, 0.3) is 0 Å². The highest BCUT2D eigenvalue weighted by Gasteiger charge is 2.55. The summed E-state index contributed by atoms with van der Waals surface area (Å²) in [5.74, 6) is 2.86. The summed E-state index contributed by atoms with van der Waals surface area (Å²) < 4.78 is 0. The van der Waals surface area contributed by atoms with Crippen LogP contribution in [0.5, 0.6) is 0 Å². The first-order chi connectivity index (χ1) is 5.57. The molecule has 4 atom stereocenters. The molecule has 0 heterocycles. The van der Waals surface area contributed by atoms with Gasteiger partial charge in [-0.2, -0.15) is 0 Å². The van der Waals surface area contributed by atoms with E-state index in [1.807, 2.05) is 0 Å². The van der Waals surface area contributed by atoms with Crippen molar-refractivity contribution in [3.05, 3.63) is 0 Å². The molecule has 0 radical (unpaired) electrons. The lowest BCUT2D eigenvalue weighted by molar-refractivity contribution is -0.113. The van der Waals surface area contributed by atoms with Crippen molar-refractivity contribution in [3.8, 4) is 0 Å². The van der Waals surface area contributed by atoms with Gasteiger partial charge >= 0.3 is 0 Å². The van der Waals surface area contributed by atoms with Crippen molar-refractivity contribution in [3.63, 3.8) is 0 Å². The van der Waals surface area contributed by atoms with Gasteiger partial charge in [-0.25, -0.2) is 0 Å².